The van der Waals surface area contributed by atoms with Gasteiger partial charge >= 0.3 is 23.9 Å². The molecule has 0 radical (unpaired) electrons. The predicted molar refractivity (Wildman–Crippen MR) is 286 cm³/mol. The Hall–Kier alpha value is -3.57. The summed E-state index contributed by atoms with van der Waals surface area (Å²) in [5, 5.41) is 3.97. The van der Waals surface area contributed by atoms with Crippen molar-refractivity contribution in [2.24, 2.45) is 56.7 Å². The average molecular weight is 1210 g/mol. The van der Waals surface area contributed by atoms with Crippen LogP contribution in [0.4, 0.5) is 0 Å². The van der Waals surface area contributed by atoms with Gasteiger partial charge in [0.25, 0.3) is 30.4 Å². The minimum atomic E-state index is -3.55. The molecule has 0 aromatic rings. The maximum atomic E-state index is 12.1. The van der Waals surface area contributed by atoms with Crippen molar-refractivity contribution < 1.29 is 99.7 Å². The van der Waals surface area contributed by atoms with Crippen LogP contribution in [-0.2, 0) is 105 Å². The van der Waals surface area contributed by atoms with E-state index in [2.05, 4.69) is 10.6 Å². The average Bonchev–Trinajstić information content (AvgIpc) is 2.84. The van der Waals surface area contributed by atoms with Gasteiger partial charge in [0.05, 0.1) is 63.4 Å². The molecular weight excluding hydrogens is 1120 g/mol. The molecule has 3 aliphatic heterocycles. The van der Waals surface area contributed by atoms with Gasteiger partial charge in [-0.15, -0.1) is 0 Å². The maximum Gasteiger partial charge on any atom is 0.332 e. The van der Waals surface area contributed by atoms with Crippen LogP contribution in [0.3, 0.4) is 0 Å². The van der Waals surface area contributed by atoms with E-state index < -0.39 is 104 Å². The third-order valence-electron chi connectivity index (χ3n) is 19.1. The van der Waals surface area contributed by atoms with Gasteiger partial charge in [-0.3, -0.25) is 36.5 Å². The Morgan fingerprint density at radius 1 is 0.556 bits per heavy atom. The van der Waals surface area contributed by atoms with Gasteiger partial charge in [-0.1, -0.05) is 41.5 Å². The molecule has 27 heteroatoms. The van der Waals surface area contributed by atoms with Crippen LogP contribution in [0.15, 0.2) is 0 Å². The number of carbonyl (C=O) groups is 6. The summed E-state index contributed by atoms with van der Waals surface area (Å²) in [6, 6.07) is 0. The summed E-state index contributed by atoms with van der Waals surface area (Å²) < 4.78 is 126. The maximum absolute atomic E-state index is 12.1. The molecule has 81 heavy (non-hydrogen) atoms. The molecule has 462 valence electrons. The molecule has 6 bridgehead atoms. The Labute approximate surface area is 477 Å². The standard InChI is InChI=1S/2C18H29NO7S.C18H28O8S/c1-5-17(2,3)16(21)24-7-6-19-13(20)10-25-15-14-11-8-18(15,4)9-12(11)27(22,23)26-14;1-5-18(3,4)17(21)24-7-6-19-13(20)9-25-14-11-8-12-15(14)26-27(22,23)16(12)10(11)2;1-5-17(2,3)16(20)24-7-6-23-13(19)10-25-14-11-8-12-18(4,9-11)15(14)26-27(12,21)22/h11-12,14-15H,5-10H2,1-4H3,(H,19,20);10-12,14-16H,5-9H2,1-4H3,(H,19,20);11-12,14-15H,5-10H2,1-4H3. The lowest BCUT2D eigenvalue weighted by molar-refractivity contribution is -0.163. The number of esters is 4. The van der Waals surface area contributed by atoms with E-state index in [1.54, 1.807) is 13.8 Å². The van der Waals surface area contributed by atoms with Crippen molar-refractivity contribution in [3.63, 3.8) is 0 Å². The van der Waals surface area contributed by atoms with Crippen molar-refractivity contribution in [3.05, 3.63) is 0 Å². The molecule has 0 aromatic carbocycles. The van der Waals surface area contributed by atoms with E-state index in [9.17, 15) is 54.0 Å². The van der Waals surface area contributed by atoms with Gasteiger partial charge in [0.15, 0.2) is 0 Å². The number of fused-ring (bicyclic) bond motifs is 3. The number of carbonyl (C=O) groups excluding carboxylic acids is 6. The molecule has 0 aromatic heterocycles. The van der Waals surface area contributed by atoms with Gasteiger partial charge in [-0.25, -0.2) is 4.79 Å². The van der Waals surface area contributed by atoms with Crippen LogP contribution in [0.1, 0.15) is 134 Å². The summed E-state index contributed by atoms with van der Waals surface area (Å²) >= 11 is 0. The molecule has 9 aliphatic rings. The molecule has 9 rings (SSSR count). The first-order chi connectivity index (χ1) is 37.6. The van der Waals surface area contributed by atoms with E-state index in [1.807, 2.05) is 69.2 Å². The van der Waals surface area contributed by atoms with Gasteiger partial charge in [0, 0.05) is 17.3 Å². The van der Waals surface area contributed by atoms with Crippen LogP contribution in [0.2, 0.25) is 0 Å². The molecule has 9 fully saturated rings. The zero-order chi connectivity index (χ0) is 60.1. The first kappa shape index (κ1) is 65.0. The number of ether oxygens (including phenoxy) is 7. The Kier molecular flexibility index (Phi) is 19.6. The molecule has 0 spiro atoms. The second kappa shape index (κ2) is 24.4. The molecule has 16 atom stereocenters. The number of rotatable bonds is 24. The molecule has 6 saturated carbocycles. The number of nitrogens with one attached hydrogen (secondary N) is 2. The molecule has 6 aliphatic carbocycles. The Bertz CT molecular complexity index is 2650. The largest absolute Gasteiger partial charge is 0.463 e. The SMILES string of the molecule is CCC(C)(C)C(=O)OCCNC(=O)COC1C2CC3C1OS(=O)(=O)C3C2C.CCC(C)(C)C(=O)OCCNC(=O)COC1C2OS(=O)(=O)C3CC1(C)CC23.CCC(C)(C)C(=O)OCCOC(=O)COC1C2CC3C(C)(C2)C1OS3(=O)=O. The van der Waals surface area contributed by atoms with Crippen LogP contribution in [0.25, 0.3) is 0 Å². The summed E-state index contributed by atoms with van der Waals surface area (Å²) in [5.41, 5.74) is -2.34. The number of hydrogen-bond donors (Lipinski definition) is 2. The van der Waals surface area contributed by atoms with Gasteiger partial charge in [-0.05, 0) is 116 Å². The van der Waals surface area contributed by atoms with Crippen molar-refractivity contribution in [1.82, 2.24) is 10.6 Å². The molecule has 16 unspecified atom stereocenters. The van der Waals surface area contributed by atoms with Crippen molar-refractivity contribution in [2.45, 2.75) is 187 Å². The summed E-state index contributed by atoms with van der Waals surface area (Å²) in [6.07, 6.45) is 2.61. The number of hydrogen-bond acceptors (Lipinski definition) is 22. The highest BCUT2D eigenvalue weighted by molar-refractivity contribution is 7.88. The van der Waals surface area contributed by atoms with Gasteiger partial charge in [0.1, 0.15) is 64.6 Å². The first-order valence-electron chi connectivity index (χ1n) is 28.4. The van der Waals surface area contributed by atoms with E-state index in [0.717, 1.165) is 19.3 Å². The number of amides is 2. The normalized spacial score (nSPS) is 36.0. The van der Waals surface area contributed by atoms with E-state index in [1.165, 1.54) is 0 Å². The van der Waals surface area contributed by atoms with E-state index in [4.69, 9.17) is 45.7 Å². The minimum Gasteiger partial charge on any atom is -0.463 e. The van der Waals surface area contributed by atoms with Crippen molar-refractivity contribution in [3.8, 4) is 0 Å². The van der Waals surface area contributed by atoms with Crippen LogP contribution < -0.4 is 10.6 Å². The molecular formula is C54H86N2O22S3. The van der Waals surface area contributed by atoms with E-state index >= 15 is 0 Å². The first-order valence-corrected chi connectivity index (χ1v) is 32.8. The smallest absolute Gasteiger partial charge is 0.332 e. The fourth-order valence-electron chi connectivity index (χ4n) is 13.3. The fourth-order valence-corrected chi connectivity index (χ4v) is 19.4. The summed E-state index contributed by atoms with van der Waals surface area (Å²) in [5.74, 6) is -2.04. The van der Waals surface area contributed by atoms with Crippen molar-refractivity contribution >= 4 is 66.0 Å². The topological polar surface area (TPSA) is 321 Å². The summed E-state index contributed by atoms with van der Waals surface area (Å²) in [7, 11) is -10.6. The van der Waals surface area contributed by atoms with Gasteiger partial charge in [0.2, 0.25) is 11.8 Å². The highest BCUT2D eigenvalue weighted by Crippen LogP contribution is 2.64. The Balaban J connectivity index is 0.000000175. The lowest BCUT2D eigenvalue weighted by Crippen LogP contribution is -2.43. The molecule has 2 amide bonds. The second-order valence-electron chi connectivity index (χ2n) is 25.8. The summed E-state index contributed by atoms with van der Waals surface area (Å²) in [6.45, 7) is 22.3. The van der Waals surface area contributed by atoms with Crippen molar-refractivity contribution in [2.75, 3.05) is 59.3 Å². The summed E-state index contributed by atoms with van der Waals surface area (Å²) in [4.78, 5) is 71.4. The monoisotopic (exact) mass is 1210 g/mol. The predicted octanol–water partition coefficient (Wildman–Crippen LogP) is 3.27. The van der Waals surface area contributed by atoms with Crippen LogP contribution in [-0.4, -0.2) is 173 Å². The third-order valence-corrected chi connectivity index (χ3v) is 24.7. The van der Waals surface area contributed by atoms with E-state index in [-0.39, 0.29) is 130 Å². The molecule has 24 nitrogen and oxygen atoms in total. The quantitative estimate of drug-likeness (QED) is 0.0606. The third kappa shape index (κ3) is 13.4. The second-order valence-corrected chi connectivity index (χ2v) is 31.0. The van der Waals surface area contributed by atoms with Gasteiger partial charge in [-0.2, -0.15) is 25.3 Å². The molecule has 3 heterocycles. The van der Waals surface area contributed by atoms with Crippen molar-refractivity contribution in [1.29, 1.82) is 0 Å². The minimum absolute atomic E-state index is 0.0101. The Morgan fingerprint density at radius 2 is 1.06 bits per heavy atom. The lowest BCUT2D eigenvalue weighted by Gasteiger charge is -2.32. The van der Waals surface area contributed by atoms with Gasteiger partial charge < -0.3 is 43.8 Å². The highest BCUT2D eigenvalue weighted by atomic mass is 32.2. The fraction of sp³-hybridized carbons (Fsp3) is 0.889. The zero-order valence-corrected chi connectivity index (χ0v) is 51.3. The lowest BCUT2D eigenvalue weighted by atomic mass is 9.82. The Morgan fingerprint density at radius 3 is 1.62 bits per heavy atom. The molecule has 3 saturated heterocycles. The van der Waals surface area contributed by atoms with Crippen LogP contribution in [0, 0.1) is 56.7 Å². The van der Waals surface area contributed by atoms with E-state index in [0.29, 0.717) is 32.1 Å². The van der Waals surface area contributed by atoms with Crippen LogP contribution >= 0.6 is 0 Å². The van der Waals surface area contributed by atoms with Crippen LogP contribution in [0.5, 0.6) is 0 Å². The zero-order valence-electron chi connectivity index (χ0n) is 48.8. The highest BCUT2D eigenvalue weighted by Gasteiger charge is 2.72. The molecule has 2 N–H and O–H groups in total.